The lowest BCUT2D eigenvalue weighted by atomic mass is 10.1. The van der Waals surface area contributed by atoms with Crippen molar-refractivity contribution in [3.8, 4) is 0 Å². The van der Waals surface area contributed by atoms with Gasteiger partial charge in [0.1, 0.15) is 5.82 Å². The Hall–Kier alpha value is -3.27. The van der Waals surface area contributed by atoms with Crippen molar-refractivity contribution in [2.45, 2.75) is 5.75 Å². The van der Waals surface area contributed by atoms with E-state index in [-0.39, 0.29) is 22.6 Å². The Morgan fingerprint density at radius 1 is 0.903 bits per heavy atom. The number of hydrogen-bond donors (Lipinski definition) is 3. The van der Waals surface area contributed by atoms with E-state index in [1.807, 2.05) is 0 Å². The van der Waals surface area contributed by atoms with Crippen LogP contribution < -0.4 is 15.8 Å². The molecule has 10 heteroatoms. The van der Waals surface area contributed by atoms with E-state index in [2.05, 4.69) is 10.6 Å². The monoisotopic (exact) mass is 461 g/mol. The molecule has 0 saturated carbocycles. The van der Waals surface area contributed by atoms with Gasteiger partial charge in [-0.25, -0.2) is 17.9 Å². The molecule has 7 nitrogen and oxygen atoms in total. The lowest BCUT2D eigenvalue weighted by molar-refractivity contribution is 0.102. The summed E-state index contributed by atoms with van der Waals surface area (Å²) in [6, 6.07) is 15.4. The molecule has 160 valence electrons. The molecule has 31 heavy (non-hydrogen) atoms. The summed E-state index contributed by atoms with van der Waals surface area (Å²) in [5.41, 5.74) is 1.41. The Balaban J connectivity index is 1.78. The van der Waals surface area contributed by atoms with Crippen molar-refractivity contribution in [2.24, 2.45) is 5.14 Å². The molecule has 0 unspecified atom stereocenters. The number of nitrogens with one attached hydrogen (secondary N) is 2. The third kappa shape index (κ3) is 6.35. The van der Waals surface area contributed by atoms with Crippen molar-refractivity contribution in [3.05, 3.63) is 94.3 Å². The van der Waals surface area contributed by atoms with Gasteiger partial charge in [-0.3, -0.25) is 9.59 Å². The van der Waals surface area contributed by atoms with Gasteiger partial charge in [-0.2, -0.15) is 0 Å². The lowest BCUT2D eigenvalue weighted by Crippen LogP contribution is -2.18. The van der Waals surface area contributed by atoms with Crippen molar-refractivity contribution in [3.63, 3.8) is 0 Å². The summed E-state index contributed by atoms with van der Waals surface area (Å²) < 4.78 is 35.4. The topological polar surface area (TPSA) is 118 Å². The van der Waals surface area contributed by atoms with E-state index >= 15 is 0 Å². The largest absolute Gasteiger partial charge is 0.322 e. The first-order chi connectivity index (χ1) is 14.6. The van der Waals surface area contributed by atoms with Crippen LogP contribution in [0.5, 0.6) is 0 Å². The Morgan fingerprint density at radius 2 is 1.55 bits per heavy atom. The molecule has 2 amide bonds. The number of carbonyl (C=O) groups is 2. The minimum Gasteiger partial charge on any atom is -0.322 e. The SMILES string of the molecule is NS(=O)(=O)Cc1ccc(NC(=O)c2ccc(Cl)cc2NC(=O)c2ccc(F)cc2)cc1. The van der Waals surface area contributed by atoms with E-state index in [9.17, 15) is 22.4 Å². The number of anilines is 2. The second-order valence-electron chi connectivity index (χ2n) is 6.61. The molecule has 0 aromatic heterocycles. The quantitative estimate of drug-likeness (QED) is 0.517. The number of sulfonamides is 1. The maximum absolute atomic E-state index is 13.1. The number of nitrogens with two attached hydrogens (primary N) is 1. The molecule has 0 atom stereocenters. The average Bonchev–Trinajstić information content (AvgIpc) is 2.69. The Labute approximate surface area is 183 Å². The van der Waals surface area contributed by atoms with Gasteiger partial charge in [0.2, 0.25) is 10.0 Å². The first kappa shape index (κ1) is 22.4. The molecule has 3 aromatic rings. The van der Waals surface area contributed by atoms with Crippen LogP contribution in [0.25, 0.3) is 0 Å². The number of hydrogen-bond acceptors (Lipinski definition) is 4. The van der Waals surface area contributed by atoms with E-state index in [4.69, 9.17) is 16.7 Å². The van der Waals surface area contributed by atoms with Crippen molar-refractivity contribution < 1.29 is 22.4 Å². The number of carbonyl (C=O) groups excluding carboxylic acids is 2. The minimum absolute atomic E-state index is 0.147. The highest BCUT2D eigenvalue weighted by atomic mass is 35.5. The van der Waals surface area contributed by atoms with Gasteiger partial charge in [-0.15, -0.1) is 0 Å². The molecule has 0 aliphatic rings. The first-order valence-electron chi connectivity index (χ1n) is 8.88. The highest BCUT2D eigenvalue weighted by Crippen LogP contribution is 2.23. The molecular formula is C21H17ClFN3O4S. The zero-order chi connectivity index (χ0) is 22.6. The van der Waals surface area contributed by atoms with Gasteiger partial charge in [0, 0.05) is 16.3 Å². The fourth-order valence-electron chi connectivity index (χ4n) is 2.73. The predicted octanol–water partition coefficient (Wildman–Crippen LogP) is 3.77. The molecule has 0 saturated heterocycles. The van der Waals surface area contributed by atoms with Gasteiger partial charge in [-0.1, -0.05) is 23.7 Å². The fraction of sp³-hybridized carbons (Fsp3) is 0.0476. The number of rotatable bonds is 6. The van der Waals surface area contributed by atoms with Crippen LogP contribution in [0.3, 0.4) is 0 Å². The van der Waals surface area contributed by atoms with Crippen molar-refractivity contribution in [1.29, 1.82) is 0 Å². The molecule has 0 aliphatic carbocycles. The summed E-state index contributed by atoms with van der Waals surface area (Å²) in [5.74, 6) is -1.86. The highest BCUT2D eigenvalue weighted by Gasteiger charge is 2.16. The first-order valence-corrected chi connectivity index (χ1v) is 11.0. The second-order valence-corrected chi connectivity index (χ2v) is 8.66. The molecule has 0 bridgehead atoms. The molecule has 0 radical (unpaired) electrons. The van der Waals surface area contributed by atoms with Crippen molar-refractivity contribution in [1.82, 2.24) is 0 Å². The number of halogens is 2. The van der Waals surface area contributed by atoms with E-state index in [0.717, 1.165) is 12.1 Å². The minimum atomic E-state index is -3.66. The van der Waals surface area contributed by atoms with Crippen LogP contribution in [0, 0.1) is 5.82 Å². The zero-order valence-electron chi connectivity index (χ0n) is 15.9. The summed E-state index contributed by atoms with van der Waals surface area (Å²) in [4.78, 5) is 25.2. The fourth-order valence-corrected chi connectivity index (χ4v) is 3.56. The number of benzene rings is 3. The van der Waals surface area contributed by atoms with E-state index in [1.165, 1.54) is 54.6 Å². The molecule has 0 heterocycles. The van der Waals surface area contributed by atoms with Crippen LogP contribution in [0.2, 0.25) is 5.02 Å². The van der Waals surface area contributed by atoms with Gasteiger partial charge < -0.3 is 10.6 Å². The lowest BCUT2D eigenvalue weighted by Gasteiger charge is -2.12. The summed E-state index contributed by atoms with van der Waals surface area (Å²) in [5, 5.41) is 10.6. The molecule has 0 fully saturated rings. The molecular weight excluding hydrogens is 445 g/mol. The van der Waals surface area contributed by atoms with Crippen LogP contribution in [0.4, 0.5) is 15.8 Å². The Bertz CT molecular complexity index is 1230. The third-order valence-corrected chi connectivity index (χ3v) is 5.13. The van der Waals surface area contributed by atoms with E-state index < -0.39 is 27.7 Å². The highest BCUT2D eigenvalue weighted by molar-refractivity contribution is 7.88. The molecule has 3 aromatic carbocycles. The third-order valence-electron chi connectivity index (χ3n) is 4.16. The van der Waals surface area contributed by atoms with Crippen LogP contribution in [0.1, 0.15) is 26.3 Å². The van der Waals surface area contributed by atoms with Gasteiger partial charge in [0.05, 0.1) is 17.0 Å². The van der Waals surface area contributed by atoms with Crippen molar-refractivity contribution >= 4 is 44.8 Å². The van der Waals surface area contributed by atoms with Gasteiger partial charge >= 0.3 is 0 Å². The van der Waals surface area contributed by atoms with E-state index in [1.54, 1.807) is 0 Å². The average molecular weight is 462 g/mol. The second kappa shape index (κ2) is 9.25. The van der Waals surface area contributed by atoms with Gasteiger partial charge in [0.25, 0.3) is 11.8 Å². The van der Waals surface area contributed by atoms with Crippen LogP contribution >= 0.6 is 11.6 Å². The zero-order valence-corrected chi connectivity index (χ0v) is 17.5. The van der Waals surface area contributed by atoms with Crippen LogP contribution in [0.15, 0.2) is 66.7 Å². The molecule has 0 spiro atoms. The maximum Gasteiger partial charge on any atom is 0.257 e. The summed E-state index contributed by atoms with van der Waals surface area (Å²) in [6.45, 7) is 0. The summed E-state index contributed by atoms with van der Waals surface area (Å²) in [6.07, 6.45) is 0. The summed E-state index contributed by atoms with van der Waals surface area (Å²) in [7, 11) is -3.66. The van der Waals surface area contributed by atoms with Crippen LogP contribution in [-0.4, -0.2) is 20.2 Å². The molecule has 0 aliphatic heterocycles. The smallest absolute Gasteiger partial charge is 0.257 e. The van der Waals surface area contributed by atoms with Gasteiger partial charge in [0.15, 0.2) is 0 Å². The Morgan fingerprint density at radius 3 is 2.16 bits per heavy atom. The maximum atomic E-state index is 13.1. The predicted molar refractivity (Wildman–Crippen MR) is 117 cm³/mol. The normalized spacial score (nSPS) is 11.1. The standard InChI is InChI=1S/C21H17ClFN3O4S/c22-15-5-10-18(19(11-15)26-20(27)14-3-6-16(23)7-4-14)21(28)25-17-8-1-13(2-9-17)12-31(24,29)30/h1-11H,12H2,(H,25,28)(H,26,27)(H2,24,29,30). The number of primary sulfonamides is 1. The van der Waals surface area contributed by atoms with E-state index in [0.29, 0.717) is 16.3 Å². The Kier molecular flexibility index (Phi) is 6.69. The summed E-state index contributed by atoms with van der Waals surface area (Å²) >= 11 is 6.01. The molecule has 4 N–H and O–H groups in total. The van der Waals surface area contributed by atoms with Gasteiger partial charge in [-0.05, 0) is 60.2 Å². The van der Waals surface area contributed by atoms with Crippen molar-refractivity contribution in [2.75, 3.05) is 10.6 Å². The van der Waals surface area contributed by atoms with Crippen LogP contribution in [-0.2, 0) is 15.8 Å². The number of amides is 2. The molecule has 3 rings (SSSR count).